The second kappa shape index (κ2) is 6.16. The summed E-state index contributed by atoms with van der Waals surface area (Å²) in [5.74, 6) is -1.98. The monoisotopic (exact) mass is 363 g/mol. The average molecular weight is 363 g/mol. The molecule has 1 aromatic carbocycles. The molecule has 2 aliphatic heterocycles. The molecule has 0 aliphatic carbocycles. The third kappa shape index (κ3) is 3.19. The predicted molar refractivity (Wildman–Crippen MR) is 96.1 cm³/mol. The topological polar surface area (TPSA) is 77.8 Å². The molecule has 2 N–H and O–H groups in total. The van der Waals surface area contributed by atoms with Crippen molar-refractivity contribution in [2.24, 2.45) is 5.92 Å². The molecule has 3 atom stereocenters. The Kier molecular flexibility index (Phi) is 4.43. The van der Waals surface area contributed by atoms with Crippen molar-refractivity contribution in [2.45, 2.75) is 24.9 Å². The van der Waals surface area contributed by atoms with E-state index in [1.54, 1.807) is 6.92 Å². The molecule has 0 aromatic heterocycles. The third-order valence-electron chi connectivity index (χ3n) is 4.37. The third-order valence-corrected chi connectivity index (χ3v) is 5.78. The van der Waals surface area contributed by atoms with Crippen LogP contribution in [0.5, 0.6) is 0 Å². The van der Waals surface area contributed by atoms with E-state index in [0.29, 0.717) is 4.91 Å². The number of benzene rings is 1. The van der Waals surface area contributed by atoms with Crippen LogP contribution in [0.2, 0.25) is 0 Å². The van der Waals surface area contributed by atoms with Gasteiger partial charge in [-0.25, -0.2) is 4.79 Å². The smallest absolute Gasteiger partial charge is 0.353 e. The molecule has 0 bridgehead atoms. The van der Waals surface area contributed by atoms with Gasteiger partial charge >= 0.3 is 5.97 Å². The number of quaternary nitrogens is 1. The Labute approximate surface area is 151 Å². The number of aliphatic hydroxyl groups is 1. The SMILES string of the molecule is C[C@@H](O)[C@H]1C(=O)N2C(C(=O)O)=C(c3ccc(C[N+](C)(C)C)cc3)S[C@H]12. The molecule has 1 aromatic rings. The summed E-state index contributed by atoms with van der Waals surface area (Å²) in [6.45, 7) is 2.44. The fourth-order valence-corrected chi connectivity index (χ4v) is 4.91. The van der Waals surface area contributed by atoms with Crippen LogP contribution < -0.4 is 0 Å². The zero-order valence-electron chi connectivity index (χ0n) is 14.8. The average Bonchev–Trinajstić information content (AvgIpc) is 2.81. The fraction of sp³-hybridized carbons (Fsp3) is 0.444. The van der Waals surface area contributed by atoms with E-state index >= 15 is 0 Å². The molecule has 1 saturated heterocycles. The van der Waals surface area contributed by atoms with Crippen molar-refractivity contribution >= 4 is 28.5 Å². The lowest BCUT2D eigenvalue weighted by atomic mass is 9.92. The van der Waals surface area contributed by atoms with Gasteiger partial charge in [-0.15, -0.1) is 0 Å². The Morgan fingerprint density at radius 2 is 1.88 bits per heavy atom. The molecule has 0 spiro atoms. The zero-order chi connectivity index (χ0) is 18.5. The molecular weight excluding hydrogens is 340 g/mol. The van der Waals surface area contributed by atoms with Crippen LogP contribution in [0.1, 0.15) is 18.1 Å². The van der Waals surface area contributed by atoms with Crippen molar-refractivity contribution in [3.05, 3.63) is 41.1 Å². The van der Waals surface area contributed by atoms with E-state index in [4.69, 9.17) is 0 Å². The number of hydrogen-bond acceptors (Lipinski definition) is 4. The van der Waals surface area contributed by atoms with Crippen LogP contribution in [0.25, 0.3) is 4.91 Å². The minimum Gasteiger partial charge on any atom is -0.477 e. The predicted octanol–water partition coefficient (Wildman–Crippen LogP) is 1.56. The Bertz CT molecular complexity index is 749. The molecule has 2 aliphatic rings. The van der Waals surface area contributed by atoms with Crippen LogP contribution in [0.3, 0.4) is 0 Å². The largest absolute Gasteiger partial charge is 0.477 e. The maximum Gasteiger partial charge on any atom is 0.353 e. The summed E-state index contributed by atoms with van der Waals surface area (Å²) in [4.78, 5) is 25.9. The van der Waals surface area contributed by atoms with E-state index in [-0.39, 0.29) is 17.0 Å². The van der Waals surface area contributed by atoms with Gasteiger partial charge in [0, 0.05) is 10.5 Å². The second-order valence-corrected chi connectivity index (χ2v) is 8.74. The van der Waals surface area contributed by atoms with Crippen molar-refractivity contribution in [3.63, 3.8) is 0 Å². The molecule has 2 heterocycles. The van der Waals surface area contributed by atoms with Crippen LogP contribution >= 0.6 is 11.8 Å². The normalized spacial score (nSPS) is 24.2. The van der Waals surface area contributed by atoms with Gasteiger partial charge < -0.3 is 14.7 Å². The number of β-lactam (4-membered cyclic amide) rings is 1. The quantitative estimate of drug-likeness (QED) is 0.613. The zero-order valence-corrected chi connectivity index (χ0v) is 15.6. The van der Waals surface area contributed by atoms with E-state index < -0.39 is 18.0 Å². The lowest BCUT2D eigenvalue weighted by molar-refractivity contribution is -0.884. The second-order valence-electron chi connectivity index (χ2n) is 7.61. The van der Waals surface area contributed by atoms with E-state index in [2.05, 4.69) is 21.1 Å². The highest BCUT2D eigenvalue weighted by atomic mass is 32.2. The van der Waals surface area contributed by atoms with Crippen molar-refractivity contribution < 1.29 is 24.3 Å². The highest BCUT2D eigenvalue weighted by Crippen LogP contribution is 2.53. The number of carboxylic acids is 1. The number of rotatable bonds is 5. The van der Waals surface area contributed by atoms with Gasteiger partial charge in [0.1, 0.15) is 17.6 Å². The summed E-state index contributed by atoms with van der Waals surface area (Å²) in [5, 5.41) is 19.0. The molecule has 3 rings (SSSR count). The molecular formula is C18H23N2O4S+. The van der Waals surface area contributed by atoms with Crippen LogP contribution in [-0.2, 0) is 16.1 Å². The van der Waals surface area contributed by atoms with Gasteiger partial charge in [-0.05, 0) is 12.5 Å². The van der Waals surface area contributed by atoms with Crippen molar-refractivity contribution in [1.82, 2.24) is 4.90 Å². The number of hydrogen-bond donors (Lipinski definition) is 2. The fourth-order valence-electron chi connectivity index (χ4n) is 3.29. The van der Waals surface area contributed by atoms with Gasteiger partial charge in [0.05, 0.1) is 33.2 Å². The Hall–Kier alpha value is -1.83. The number of aliphatic hydroxyl groups excluding tert-OH is 1. The summed E-state index contributed by atoms with van der Waals surface area (Å²) in [6, 6.07) is 7.80. The lowest BCUT2D eigenvalue weighted by Crippen LogP contribution is -2.60. The molecule has 134 valence electrons. The van der Waals surface area contributed by atoms with Crippen LogP contribution in [0.4, 0.5) is 0 Å². The Morgan fingerprint density at radius 1 is 1.28 bits per heavy atom. The van der Waals surface area contributed by atoms with Gasteiger partial charge in [-0.3, -0.25) is 9.69 Å². The molecule has 7 heteroatoms. The van der Waals surface area contributed by atoms with E-state index in [1.807, 2.05) is 24.3 Å². The summed E-state index contributed by atoms with van der Waals surface area (Å²) < 4.78 is 0.803. The van der Waals surface area contributed by atoms with Crippen LogP contribution in [0.15, 0.2) is 30.0 Å². The number of carboxylic acid groups (broad SMARTS) is 1. The number of carbonyl (C=O) groups is 2. The number of carbonyl (C=O) groups excluding carboxylic acids is 1. The molecule has 6 nitrogen and oxygen atoms in total. The Morgan fingerprint density at radius 3 is 2.36 bits per heavy atom. The maximum atomic E-state index is 12.2. The van der Waals surface area contributed by atoms with Crippen molar-refractivity contribution in [3.8, 4) is 0 Å². The van der Waals surface area contributed by atoms with Crippen molar-refractivity contribution in [2.75, 3.05) is 21.1 Å². The highest BCUT2D eigenvalue weighted by Gasteiger charge is 2.57. The number of thioether (sulfide) groups is 1. The molecule has 25 heavy (non-hydrogen) atoms. The minimum absolute atomic E-state index is 0.0243. The number of nitrogens with zero attached hydrogens (tertiary/aromatic N) is 2. The first-order chi connectivity index (χ1) is 11.6. The lowest BCUT2D eigenvalue weighted by Gasteiger charge is -2.43. The first-order valence-electron chi connectivity index (χ1n) is 8.15. The van der Waals surface area contributed by atoms with Gasteiger partial charge in [0.15, 0.2) is 0 Å². The van der Waals surface area contributed by atoms with Crippen LogP contribution in [0, 0.1) is 5.92 Å². The van der Waals surface area contributed by atoms with Gasteiger partial charge in [-0.1, -0.05) is 36.0 Å². The first kappa shape index (κ1) is 18.0. The molecule has 1 amide bonds. The molecule has 0 radical (unpaired) electrons. The minimum atomic E-state index is -1.11. The Balaban J connectivity index is 1.91. The first-order valence-corrected chi connectivity index (χ1v) is 9.03. The summed E-state index contributed by atoms with van der Waals surface area (Å²) >= 11 is 1.35. The molecule has 0 unspecified atom stereocenters. The highest BCUT2D eigenvalue weighted by molar-refractivity contribution is 8.09. The van der Waals surface area contributed by atoms with E-state index in [0.717, 1.165) is 22.2 Å². The van der Waals surface area contributed by atoms with E-state index in [9.17, 15) is 19.8 Å². The number of fused-ring (bicyclic) bond motifs is 1. The summed E-state index contributed by atoms with van der Waals surface area (Å²) in [6.07, 6.45) is -0.789. The summed E-state index contributed by atoms with van der Waals surface area (Å²) in [7, 11) is 6.33. The summed E-state index contributed by atoms with van der Waals surface area (Å²) in [5.41, 5.74) is 1.98. The van der Waals surface area contributed by atoms with Crippen LogP contribution in [-0.4, -0.2) is 64.1 Å². The van der Waals surface area contributed by atoms with Gasteiger partial charge in [0.25, 0.3) is 0 Å². The van der Waals surface area contributed by atoms with E-state index in [1.165, 1.54) is 16.7 Å². The standard InChI is InChI=1S/C18H22N2O4S/c1-10(21)13-16(22)19-14(18(23)24)15(25-17(13)19)12-7-5-11(6-8-12)9-20(2,3)4/h5-8,10,13,17,21H,9H2,1-4H3/p+1/t10-,13+,17-/m1/s1. The van der Waals surface area contributed by atoms with Gasteiger partial charge in [0.2, 0.25) is 5.91 Å². The van der Waals surface area contributed by atoms with Gasteiger partial charge in [-0.2, -0.15) is 0 Å². The number of aliphatic carboxylic acids is 1. The van der Waals surface area contributed by atoms with Crippen molar-refractivity contribution in [1.29, 1.82) is 0 Å². The molecule has 1 fully saturated rings. The number of amides is 1. The maximum absolute atomic E-state index is 12.2. The molecule has 0 saturated carbocycles.